The van der Waals surface area contributed by atoms with E-state index < -0.39 is 10.1 Å². The average molecular weight is 276 g/mol. The smallest absolute Gasteiger partial charge is 0.263 e. The minimum atomic E-state index is -3.67. The van der Waals surface area contributed by atoms with Crippen molar-refractivity contribution in [3.05, 3.63) is 42.5 Å². The van der Waals surface area contributed by atoms with Crippen LogP contribution in [0.2, 0.25) is 0 Å². The van der Waals surface area contributed by atoms with E-state index in [4.69, 9.17) is 4.18 Å². The molecule has 0 unspecified atom stereocenters. The van der Waals surface area contributed by atoms with E-state index in [0.717, 1.165) is 36.5 Å². The van der Waals surface area contributed by atoms with Gasteiger partial charge in [-0.3, -0.25) is 4.18 Å². The van der Waals surface area contributed by atoms with E-state index in [1.165, 1.54) is 0 Å². The number of rotatable bonds is 3. The quantitative estimate of drug-likeness (QED) is 0.806. The highest BCUT2D eigenvalue weighted by Gasteiger charge is 2.25. The van der Waals surface area contributed by atoms with Crippen molar-refractivity contribution in [2.45, 2.75) is 36.7 Å². The molecule has 1 aliphatic rings. The second-order valence-corrected chi connectivity index (χ2v) is 6.47. The molecule has 0 aromatic heterocycles. The first-order valence-electron chi connectivity index (χ1n) is 6.58. The zero-order valence-electron chi connectivity index (χ0n) is 10.6. The Morgan fingerprint density at radius 2 is 1.63 bits per heavy atom. The predicted molar refractivity (Wildman–Crippen MR) is 74.5 cm³/mol. The van der Waals surface area contributed by atoms with Crippen molar-refractivity contribution in [2.24, 2.45) is 0 Å². The standard InChI is InChI=1S/C15H16O3S/c16-19(17,18-13-8-2-3-9-13)15-11-5-7-12-6-1-4-10-14(12)15/h1,4-7,10-11,13H,2-3,8-9H2. The molecule has 0 aliphatic heterocycles. The van der Waals surface area contributed by atoms with Crippen LogP contribution < -0.4 is 0 Å². The summed E-state index contributed by atoms with van der Waals surface area (Å²) in [5.41, 5.74) is 0. The second kappa shape index (κ2) is 4.94. The maximum Gasteiger partial charge on any atom is 0.297 e. The van der Waals surface area contributed by atoms with Gasteiger partial charge in [0.05, 0.1) is 6.10 Å². The fourth-order valence-corrected chi connectivity index (χ4v) is 3.98. The number of benzene rings is 2. The van der Waals surface area contributed by atoms with Crippen LogP contribution in [-0.2, 0) is 14.3 Å². The number of hydrogen-bond donors (Lipinski definition) is 0. The van der Waals surface area contributed by atoms with Gasteiger partial charge in [0, 0.05) is 5.39 Å². The molecule has 0 heterocycles. The minimum Gasteiger partial charge on any atom is -0.263 e. The lowest BCUT2D eigenvalue weighted by Gasteiger charge is -2.12. The largest absolute Gasteiger partial charge is 0.297 e. The molecule has 0 N–H and O–H groups in total. The normalized spacial score (nSPS) is 17.1. The van der Waals surface area contributed by atoms with Crippen LogP contribution in [0.4, 0.5) is 0 Å². The van der Waals surface area contributed by atoms with Crippen molar-refractivity contribution in [1.29, 1.82) is 0 Å². The molecule has 0 bridgehead atoms. The lowest BCUT2D eigenvalue weighted by atomic mass is 10.1. The van der Waals surface area contributed by atoms with Crippen molar-refractivity contribution < 1.29 is 12.6 Å². The molecule has 3 nitrogen and oxygen atoms in total. The summed E-state index contributed by atoms with van der Waals surface area (Å²) >= 11 is 0. The highest BCUT2D eigenvalue weighted by Crippen LogP contribution is 2.29. The molecular weight excluding hydrogens is 260 g/mol. The molecule has 2 aromatic carbocycles. The molecule has 3 rings (SSSR count). The van der Waals surface area contributed by atoms with Gasteiger partial charge >= 0.3 is 0 Å². The maximum absolute atomic E-state index is 12.4. The third kappa shape index (κ3) is 2.51. The van der Waals surface area contributed by atoms with Gasteiger partial charge in [0.1, 0.15) is 4.90 Å². The van der Waals surface area contributed by atoms with Crippen molar-refractivity contribution >= 4 is 20.9 Å². The van der Waals surface area contributed by atoms with E-state index in [9.17, 15) is 8.42 Å². The summed E-state index contributed by atoms with van der Waals surface area (Å²) in [4.78, 5) is 0.275. The monoisotopic (exact) mass is 276 g/mol. The molecule has 0 spiro atoms. The number of hydrogen-bond acceptors (Lipinski definition) is 3. The van der Waals surface area contributed by atoms with Crippen LogP contribution >= 0.6 is 0 Å². The molecule has 0 atom stereocenters. The zero-order valence-corrected chi connectivity index (χ0v) is 11.4. The van der Waals surface area contributed by atoms with E-state index >= 15 is 0 Å². The summed E-state index contributed by atoms with van der Waals surface area (Å²) in [6, 6.07) is 12.8. The predicted octanol–water partition coefficient (Wildman–Crippen LogP) is 3.49. The summed E-state index contributed by atoms with van der Waals surface area (Å²) in [6.07, 6.45) is 3.63. The van der Waals surface area contributed by atoms with Gasteiger partial charge < -0.3 is 0 Å². The molecule has 100 valence electrons. The van der Waals surface area contributed by atoms with Crippen molar-refractivity contribution in [1.82, 2.24) is 0 Å². The summed E-state index contributed by atoms with van der Waals surface area (Å²) in [5.74, 6) is 0. The highest BCUT2D eigenvalue weighted by atomic mass is 32.2. The van der Waals surface area contributed by atoms with Gasteiger partial charge in [-0.15, -0.1) is 0 Å². The third-order valence-electron chi connectivity index (χ3n) is 3.58. The first kappa shape index (κ1) is 12.6. The molecule has 1 aliphatic carbocycles. The van der Waals surface area contributed by atoms with Crippen LogP contribution in [0.5, 0.6) is 0 Å². The lowest BCUT2D eigenvalue weighted by molar-refractivity contribution is 0.217. The van der Waals surface area contributed by atoms with E-state index in [0.29, 0.717) is 0 Å². The molecular formula is C15H16O3S. The van der Waals surface area contributed by atoms with Gasteiger partial charge in [-0.25, -0.2) is 0 Å². The lowest BCUT2D eigenvalue weighted by Crippen LogP contribution is -2.15. The van der Waals surface area contributed by atoms with E-state index in [1.54, 1.807) is 12.1 Å². The Bertz CT molecular complexity index is 680. The summed E-state index contributed by atoms with van der Waals surface area (Å²) in [7, 11) is -3.67. The van der Waals surface area contributed by atoms with Crippen LogP contribution in [0.25, 0.3) is 10.8 Å². The van der Waals surface area contributed by atoms with Gasteiger partial charge in [0.25, 0.3) is 10.1 Å². The van der Waals surface area contributed by atoms with Crippen LogP contribution in [0.3, 0.4) is 0 Å². The van der Waals surface area contributed by atoms with Gasteiger partial charge in [0.15, 0.2) is 0 Å². The Kier molecular flexibility index (Phi) is 3.29. The highest BCUT2D eigenvalue weighted by molar-refractivity contribution is 7.87. The van der Waals surface area contributed by atoms with Crippen molar-refractivity contribution in [3.63, 3.8) is 0 Å². The summed E-state index contributed by atoms with van der Waals surface area (Å²) < 4.78 is 30.1. The van der Waals surface area contributed by atoms with Crippen molar-refractivity contribution in [3.8, 4) is 0 Å². The molecule has 1 saturated carbocycles. The Labute approximate surface area is 113 Å². The molecule has 0 saturated heterocycles. The van der Waals surface area contributed by atoms with Gasteiger partial charge in [0.2, 0.25) is 0 Å². The molecule has 0 radical (unpaired) electrons. The van der Waals surface area contributed by atoms with Crippen LogP contribution in [0.1, 0.15) is 25.7 Å². The van der Waals surface area contributed by atoms with E-state index in [-0.39, 0.29) is 11.0 Å². The number of fused-ring (bicyclic) bond motifs is 1. The Hall–Kier alpha value is -1.39. The second-order valence-electron chi connectivity index (χ2n) is 4.93. The van der Waals surface area contributed by atoms with Gasteiger partial charge in [-0.05, 0) is 24.3 Å². The molecule has 1 fully saturated rings. The van der Waals surface area contributed by atoms with E-state index in [2.05, 4.69) is 0 Å². The van der Waals surface area contributed by atoms with Crippen LogP contribution in [0, 0.1) is 0 Å². The topological polar surface area (TPSA) is 43.4 Å². The maximum atomic E-state index is 12.4. The minimum absolute atomic E-state index is 0.149. The molecule has 0 amide bonds. The van der Waals surface area contributed by atoms with Crippen molar-refractivity contribution in [2.75, 3.05) is 0 Å². The zero-order chi connectivity index (χ0) is 13.3. The third-order valence-corrected chi connectivity index (χ3v) is 5.00. The Morgan fingerprint density at radius 1 is 0.947 bits per heavy atom. The Balaban J connectivity index is 2.02. The summed E-state index contributed by atoms with van der Waals surface area (Å²) in [5, 5.41) is 1.64. The first-order chi connectivity index (χ1) is 9.17. The SMILES string of the molecule is O=S(=O)(OC1CCCC1)c1cccc2ccccc12. The Morgan fingerprint density at radius 3 is 2.42 bits per heavy atom. The molecule has 19 heavy (non-hydrogen) atoms. The average Bonchev–Trinajstić information content (AvgIpc) is 2.90. The fraction of sp³-hybridized carbons (Fsp3) is 0.333. The fourth-order valence-electron chi connectivity index (χ4n) is 2.63. The van der Waals surface area contributed by atoms with Crippen LogP contribution in [0.15, 0.2) is 47.4 Å². The van der Waals surface area contributed by atoms with Crippen LogP contribution in [-0.4, -0.2) is 14.5 Å². The summed E-state index contributed by atoms with van der Waals surface area (Å²) in [6.45, 7) is 0. The van der Waals surface area contributed by atoms with E-state index in [1.807, 2.05) is 30.3 Å². The molecule has 2 aromatic rings. The van der Waals surface area contributed by atoms with Gasteiger partial charge in [-0.1, -0.05) is 49.2 Å². The first-order valence-corrected chi connectivity index (χ1v) is 7.99. The van der Waals surface area contributed by atoms with Gasteiger partial charge in [-0.2, -0.15) is 8.42 Å². The molecule has 4 heteroatoms.